The molecule has 4 rings (SSSR count). The molecule has 2 aliphatic carbocycles. The lowest BCUT2D eigenvalue weighted by Gasteiger charge is -2.22. The SMILES string of the molecule is Brc1ccc2c(c1)=CC1(C=2)CCc2ccccc2CC1. The predicted octanol–water partition coefficient (Wildman–Crippen LogP) is 3.59. The maximum Gasteiger partial charge on any atom is 0.0181 e. The fourth-order valence-electron chi connectivity index (χ4n) is 3.66. The van der Waals surface area contributed by atoms with Crippen LogP contribution in [0.15, 0.2) is 46.9 Å². The van der Waals surface area contributed by atoms with E-state index in [1.54, 1.807) is 11.1 Å². The average Bonchev–Trinajstić information content (AvgIpc) is 2.71. The van der Waals surface area contributed by atoms with E-state index in [1.807, 2.05) is 0 Å². The van der Waals surface area contributed by atoms with Crippen molar-refractivity contribution >= 4 is 28.1 Å². The van der Waals surface area contributed by atoms with Crippen LogP contribution in [0.3, 0.4) is 0 Å². The van der Waals surface area contributed by atoms with Gasteiger partial charge < -0.3 is 0 Å². The van der Waals surface area contributed by atoms with Gasteiger partial charge in [0.2, 0.25) is 0 Å². The molecule has 0 bridgehead atoms. The standard InChI is InChI=1S/C19H17Br/c20-18-6-5-16-12-19(13-17(16)11-18)9-7-14-3-1-2-4-15(14)8-10-19/h1-6,11-13H,7-10H2. The minimum absolute atomic E-state index is 0.266. The van der Waals surface area contributed by atoms with E-state index in [-0.39, 0.29) is 5.41 Å². The van der Waals surface area contributed by atoms with Crippen molar-refractivity contribution in [1.82, 2.24) is 0 Å². The van der Waals surface area contributed by atoms with Crippen LogP contribution in [0.1, 0.15) is 24.0 Å². The zero-order valence-corrected chi connectivity index (χ0v) is 13.0. The molecule has 0 saturated carbocycles. The molecule has 0 saturated heterocycles. The van der Waals surface area contributed by atoms with Crippen LogP contribution in [-0.2, 0) is 12.8 Å². The van der Waals surface area contributed by atoms with Gasteiger partial charge in [0, 0.05) is 9.89 Å². The molecule has 0 N–H and O–H groups in total. The van der Waals surface area contributed by atoms with Gasteiger partial charge in [-0.25, -0.2) is 0 Å². The van der Waals surface area contributed by atoms with Crippen molar-refractivity contribution in [3.63, 3.8) is 0 Å². The van der Waals surface area contributed by atoms with Crippen molar-refractivity contribution in [2.45, 2.75) is 25.7 Å². The number of hydrogen-bond acceptors (Lipinski definition) is 0. The molecule has 0 nitrogen and oxygen atoms in total. The van der Waals surface area contributed by atoms with Gasteiger partial charge in [-0.2, -0.15) is 0 Å². The normalized spacial score (nSPS) is 18.6. The Kier molecular flexibility index (Phi) is 2.85. The molecule has 0 fully saturated rings. The number of fused-ring (bicyclic) bond motifs is 2. The fraction of sp³-hybridized carbons (Fsp3) is 0.263. The lowest BCUT2D eigenvalue weighted by atomic mass is 9.81. The predicted molar refractivity (Wildman–Crippen MR) is 87.8 cm³/mol. The van der Waals surface area contributed by atoms with Crippen LogP contribution in [0.25, 0.3) is 12.2 Å². The number of halogens is 1. The van der Waals surface area contributed by atoms with Gasteiger partial charge in [-0.1, -0.05) is 58.4 Å². The van der Waals surface area contributed by atoms with Gasteiger partial charge in [0.1, 0.15) is 0 Å². The molecule has 0 aromatic heterocycles. The van der Waals surface area contributed by atoms with E-state index >= 15 is 0 Å². The molecule has 0 unspecified atom stereocenters. The third-order valence-electron chi connectivity index (χ3n) is 4.77. The summed E-state index contributed by atoms with van der Waals surface area (Å²) in [7, 11) is 0. The van der Waals surface area contributed by atoms with Gasteiger partial charge in [0.25, 0.3) is 0 Å². The summed E-state index contributed by atoms with van der Waals surface area (Å²) in [4.78, 5) is 0. The number of rotatable bonds is 0. The van der Waals surface area contributed by atoms with Crippen molar-refractivity contribution in [3.05, 3.63) is 68.5 Å². The van der Waals surface area contributed by atoms with Gasteiger partial charge in [-0.3, -0.25) is 0 Å². The second-order valence-electron chi connectivity index (χ2n) is 6.06. The Bertz CT molecular complexity index is 759. The van der Waals surface area contributed by atoms with Crippen LogP contribution >= 0.6 is 15.9 Å². The van der Waals surface area contributed by atoms with E-state index in [0.717, 1.165) is 0 Å². The van der Waals surface area contributed by atoms with Crippen LogP contribution in [-0.4, -0.2) is 0 Å². The monoisotopic (exact) mass is 324 g/mol. The Balaban J connectivity index is 1.75. The van der Waals surface area contributed by atoms with Crippen LogP contribution < -0.4 is 10.4 Å². The molecule has 100 valence electrons. The van der Waals surface area contributed by atoms with E-state index in [9.17, 15) is 0 Å². The van der Waals surface area contributed by atoms with E-state index in [2.05, 4.69) is 70.5 Å². The smallest absolute Gasteiger partial charge is 0.0181 e. The first-order chi connectivity index (χ1) is 9.74. The minimum Gasteiger partial charge on any atom is -0.0666 e. The maximum absolute atomic E-state index is 3.58. The first-order valence-electron chi connectivity index (χ1n) is 7.32. The van der Waals surface area contributed by atoms with Gasteiger partial charge in [0.05, 0.1) is 0 Å². The summed E-state index contributed by atoms with van der Waals surface area (Å²) in [5.74, 6) is 0. The van der Waals surface area contributed by atoms with Crippen molar-refractivity contribution < 1.29 is 0 Å². The van der Waals surface area contributed by atoms with E-state index in [1.165, 1.54) is 40.6 Å². The number of hydrogen-bond donors (Lipinski definition) is 0. The van der Waals surface area contributed by atoms with Crippen molar-refractivity contribution in [3.8, 4) is 0 Å². The molecule has 0 heterocycles. The van der Waals surface area contributed by atoms with E-state index in [0.29, 0.717) is 0 Å². The van der Waals surface area contributed by atoms with Crippen molar-refractivity contribution in [1.29, 1.82) is 0 Å². The van der Waals surface area contributed by atoms with E-state index < -0.39 is 0 Å². The highest BCUT2D eigenvalue weighted by Gasteiger charge is 2.29. The highest BCUT2D eigenvalue weighted by Crippen LogP contribution is 2.38. The summed E-state index contributed by atoms with van der Waals surface area (Å²) in [5.41, 5.74) is 3.36. The topological polar surface area (TPSA) is 0 Å². The largest absolute Gasteiger partial charge is 0.0666 e. The number of aryl methyl sites for hydroxylation is 2. The fourth-order valence-corrected chi connectivity index (χ4v) is 4.04. The third kappa shape index (κ3) is 2.05. The summed E-state index contributed by atoms with van der Waals surface area (Å²) < 4.78 is 1.18. The summed E-state index contributed by atoms with van der Waals surface area (Å²) in [6.45, 7) is 0. The second-order valence-corrected chi connectivity index (χ2v) is 6.98. The first-order valence-corrected chi connectivity index (χ1v) is 8.12. The summed E-state index contributed by atoms with van der Waals surface area (Å²) >= 11 is 3.58. The minimum atomic E-state index is 0.266. The molecule has 2 aromatic rings. The molecule has 0 amide bonds. The summed E-state index contributed by atoms with van der Waals surface area (Å²) in [5, 5.41) is 2.80. The Labute approximate surface area is 128 Å². The Hall–Kier alpha value is -1.34. The van der Waals surface area contributed by atoms with Gasteiger partial charge in [-0.05, 0) is 59.4 Å². The average molecular weight is 325 g/mol. The third-order valence-corrected chi connectivity index (χ3v) is 5.27. The van der Waals surface area contributed by atoms with Gasteiger partial charge >= 0.3 is 0 Å². The Morgan fingerprint density at radius 3 is 2.15 bits per heavy atom. The zero-order chi connectivity index (χ0) is 13.6. The molecular weight excluding hydrogens is 308 g/mol. The van der Waals surface area contributed by atoms with Crippen LogP contribution in [0, 0.1) is 5.41 Å². The molecule has 2 aliphatic rings. The number of benzene rings is 2. The molecule has 1 heteroatoms. The van der Waals surface area contributed by atoms with Gasteiger partial charge in [0.15, 0.2) is 0 Å². The highest BCUT2D eigenvalue weighted by atomic mass is 79.9. The maximum atomic E-state index is 3.58. The van der Waals surface area contributed by atoms with Gasteiger partial charge in [-0.15, -0.1) is 0 Å². The molecule has 0 aliphatic heterocycles. The molecule has 2 aromatic carbocycles. The van der Waals surface area contributed by atoms with Crippen molar-refractivity contribution in [2.24, 2.45) is 5.41 Å². The van der Waals surface area contributed by atoms with Crippen LogP contribution in [0.5, 0.6) is 0 Å². The Morgan fingerprint density at radius 2 is 1.45 bits per heavy atom. The van der Waals surface area contributed by atoms with E-state index in [4.69, 9.17) is 0 Å². The highest BCUT2D eigenvalue weighted by molar-refractivity contribution is 9.10. The second kappa shape index (κ2) is 4.60. The summed E-state index contributed by atoms with van der Waals surface area (Å²) in [6.07, 6.45) is 9.85. The lowest BCUT2D eigenvalue weighted by Crippen LogP contribution is -2.19. The van der Waals surface area contributed by atoms with Crippen molar-refractivity contribution in [2.75, 3.05) is 0 Å². The first kappa shape index (κ1) is 12.4. The molecule has 0 radical (unpaired) electrons. The zero-order valence-electron chi connectivity index (χ0n) is 11.4. The van der Waals surface area contributed by atoms with Crippen LogP contribution in [0.2, 0.25) is 0 Å². The summed E-state index contributed by atoms with van der Waals surface area (Å²) in [6, 6.07) is 15.6. The van der Waals surface area contributed by atoms with Crippen LogP contribution in [0.4, 0.5) is 0 Å². The quantitative estimate of drug-likeness (QED) is 0.694. The lowest BCUT2D eigenvalue weighted by molar-refractivity contribution is 0.491. The Morgan fingerprint density at radius 1 is 0.800 bits per heavy atom. The molecule has 1 spiro atoms. The molecule has 20 heavy (non-hydrogen) atoms. The molecule has 0 atom stereocenters. The molecular formula is C19H17Br.